The van der Waals surface area contributed by atoms with E-state index in [-0.39, 0.29) is 36.8 Å². The number of fused-ring (bicyclic) bond motifs is 1. The summed E-state index contributed by atoms with van der Waals surface area (Å²) < 4.78 is 7.03. The molecule has 1 saturated carbocycles. The third-order valence-corrected chi connectivity index (χ3v) is 8.31. The van der Waals surface area contributed by atoms with E-state index in [2.05, 4.69) is 34.8 Å². The number of aliphatic hydroxyl groups excluding tert-OH is 1. The Balaban J connectivity index is 1.68. The molecule has 1 atom stereocenters. The predicted molar refractivity (Wildman–Crippen MR) is 169 cm³/mol. The fourth-order valence-corrected chi connectivity index (χ4v) is 6.16. The average molecular weight is 604 g/mol. The summed E-state index contributed by atoms with van der Waals surface area (Å²) >= 11 is 1.53. The quantitative estimate of drug-likeness (QED) is 0.180. The number of aromatic nitrogens is 3. The highest BCUT2D eigenvalue weighted by molar-refractivity contribution is 7.13. The standard InChI is InChI=1S/C32H37N5O5S/c1-5-33-32(41)36-28-13-22(30-35-26(17-43-30)19-7-8-19)24(14-34-28)20-9-10-27-23(12-20)29(39)25(31(40)42-6-2)15-37(27)21(16-38)11-18(3)4/h9-10,12-15,17-19,21,38H,5-8,11,16H2,1-4H3,(H2,33,34,36,41). The monoisotopic (exact) mass is 603 g/mol. The van der Waals surface area contributed by atoms with Crippen LogP contribution in [0, 0.1) is 5.92 Å². The summed E-state index contributed by atoms with van der Waals surface area (Å²) in [4.78, 5) is 48.2. The second-order valence-corrected chi connectivity index (χ2v) is 12.0. The SMILES string of the molecule is CCNC(=O)Nc1cc(-c2nc(C3CC3)cs2)c(-c2ccc3c(c2)c(=O)c(C(=O)OCC)cn3C(CO)CC(C)C)cn1. The Morgan fingerprint density at radius 1 is 1.19 bits per heavy atom. The molecular weight excluding hydrogens is 566 g/mol. The Hall–Kier alpha value is -4.09. The number of amides is 2. The van der Waals surface area contributed by atoms with Crippen LogP contribution >= 0.6 is 11.3 Å². The number of carbonyl (C=O) groups excluding carboxylic acids is 2. The van der Waals surface area contributed by atoms with Crippen molar-refractivity contribution in [3.8, 4) is 21.7 Å². The van der Waals surface area contributed by atoms with E-state index in [0.29, 0.717) is 41.2 Å². The van der Waals surface area contributed by atoms with Crippen molar-refractivity contribution < 1.29 is 19.4 Å². The number of nitrogens with one attached hydrogen (secondary N) is 2. The molecule has 1 fully saturated rings. The van der Waals surface area contributed by atoms with Crippen LogP contribution in [0.25, 0.3) is 32.6 Å². The number of thiazole rings is 1. The molecule has 4 aromatic rings. The molecule has 0 bridgehead atoms. The highest BCUT2D eigenvalue weighted by atomic mass is 32.1. The van der Waals surface area contributed by atoms with Crippen molar-refractivity contribution in [1.29, 1.82) is 0 Å². The molecule has 1 unspecified atom stereocenters. The van der Waals surface area contributed by atoms with Gasteiger partial charge in [-0.1, -0.05) is 19.9 Å². The maximum absolute atomic E-state index is 13.7. The number of benzene rings is 1. The highest BCUT2D eigenvalue weighted by Gasteiger charge is 2.27. The minimum Gasteiger partial charge on any atom is -0.462 e. The van der Waals surface area contributed by atoms with Gasteiger partial charge in [0, 0.05) is 46.7 Å². The van der Waals surface area contributed by atoms with Gasteiger partial charge in [0.25, 0.3) is 0 Å². The van der Waals surface area contributed by atoms with E-state index in [9.17, 15) is 19.5 Å². The Morgan fingerprint density at radius 2 is 1.98 bits per heavy atom. The summed E-state index contributed by atoms with van der Waals surface area (Å²) in [5, 5.41) is 19.0. The van der Waals surface area contributed by atoms with Gasteiger partial charge in [0.1, 0.15) is 16.4 Å². The van der Waals surface area contributed by atoms with E-state index in [1.54, 1.807) is 25.3 Å². The minimum atomic E-state index is -0.701. The molecule has 3 aromatic heterocycles. The van der Waals surface area contributed by atoms with Gasteiger partial charge < -0.3 is 19.7 Å². The number of esters is 1. The summed E-state index contributed by atoms with van der Waals surface area (Å²) in [6.45, 7) is 8.11. The third-order valence-electron chi connectivity index (χ3n) is 7.42. The average Bonchev–Trinajstić information content (AvgIpc) is 3.72. The second kappa shape index (κ2) is 13.0. The van der Waals surface area contributed by atoms with Crippen molar-refractivity contribution in [3.05, 3.63) is 63.5 Å². The molecule has 0 radical (unpaired) electrons. The lowest BCUT2D eigenvalue weighted by atomic mass is 9.98. The molecule has 0 spiro atoms. The van der Waals surface area contributed by atoms with Gasteiger partial charge in [-0.25, -0.2) is 19.6 Å². The van der Waals surface area contributed by atoms with E-state index >= 15 is 0 Å². The van der Waals surface area contributed by atoms with Crippen LogP contribution in [0.1, 0.15) is 75.0 Å². The second-order valence-electron chi connectivity index (χ2n) is 11.1. The van der Waals surface area contributed by atoms with E-state index in [4.69, 9.17) is 9.72 Å². The molecule has 43 heavy (non-hydrogen) atoms. The molecule has 5 rings (SSSR count). The molecule has 0 saturated heterocycles. The number of ether oxygens (including phenoxy) is 1. The van der Waals surface area contributed by atoms with Crippen LogP contribution in [0.15, 0.2) is 46.8 Å². The molecule has 3 heterocycles. The minimum absolute atomic E-state index is 0.0810. The molecule has 2 amide bonds. The maximum atomic E-state index is 13.7. The van der Waals surface area contributed by atoms with Crippen LogP contribution in [0.5, 0.6) is 0 Å². The summed E-state index contributed by atoms with van der Waals surface area (Å²) in [5.41, 5.74) is 3.35. The van der Waals surface area contributed by atoms with Crippen molar-refractivity contribution in [3.63, 3.8) is 0 Å². The molecule has 1 aliphatic rings. The number of urea groups is 1. The lowest BCUT2D eigenvalue weighted by Gasteiger charge is -2.23. The number of pyridine rings is 2. The number of rotatable bonds is 11. The van der Waals surface area contributed by atoms with E-state index in [0.717, 1.165) is 34.7 Å². The maximum Gasteiger partial charge on any atom is 0.343 e. The molecule has 1 aromatic carbocycles. The van der Waals surface area contributed by atoms with Gasteiger partial charge in [-0.2, -0.15) is 0 Å². The van der Waals surface area contributed by atoms with E-state index in [1.807, 2.05) is 23.6 Å². The fraction of sp³-hybridized carbons (Fsp3) is 0.406. The largest absolute Gasteiger partial charge is 0.462 e. The zero-order chi connectivity index (χ0) is 30.7. The lowest BCUT2D eigenvalue weighted by molar-refractivity contribution is 0.0523. The molecule has 226 valence electrons. The normalized spacial score (nSPS) is 13.7. The molecule has 3 N–H and O–H groups in total. The smallest absolute Gasteiger partial charge is 0.343 e. The molecule has 1 aliphatic carbocycles. The van der Waals surface area contributed by atoms with E-state index < -0.39 is 11.4 Å². The number of aliphatic hydroxyl groups is 1. The summed E-state index contributed by atoms with van der Waals surface area (Å²) in [6.07, 6.45) is 6.08. The Labute approximate surface area is 254 Å². The van der Waals surface area contributed by atoms with Gasteiger partial charge in [0.15, 0.2) is 0 Å². The fourth-order valence-electron chi connectivity index (χ4n) is 5.23. The number of carbonyl (C=O) groups is 2. The van der Waals surface area contributed by atoms with Crippen molar-refractivity contribution in [1.82, 2.24) is 19.9 Å². The topological polar surface area (TPSA) is 135 Å². The van der Waals surface area contributed by atoms with Crippen LogP contribution in [0.3, 0.4) is 0 Å². The molecular formula is C32H37N5O5S. The van der Waals surface area contributed by atoms with Gasteiger partial charge in [-0.05, 0) is 62.8 Å². The lowest BCUT2D eigenvalue weighted by Crippen LogP contribution is -2.28. The summed E-state index contributed by atoms with van der Waals surface area (Å²) in [5.74, 6) is 0.429. The molecule has 0 aliphatic heterocycles. The van der Waals surface area contributed by atoms with E-state index in [1.165, 1.54) is 17.5 Å². The number of hydrogen-bond donors (Lipinski definition) is 3. The first-order valence-corrected chi connectivity index (χ1v) is 15.6. The van der Waals surface area contributed by atoms with Crippen LogP contribution in [-0.2, 0) is 4.74 Å². The number of nitrogens with zero attached hydrogens (tertiary/aromatic N) is 3. The van der Waals surface area contributed by atoms with Crippen LogP contribution in [0.2, 0.25) is 0 Å². The van der Waals surface area contributed by atoms with Crippen LogP contribution in [-0.4, -0.2) is 51.4 Å². The Kier molecular flexibility index (Phi) is 9.22. The van der Waals surface area contributed by atoms with Gasteiger partial charge in [-0.3, -0.25) is 10.1 Å². The highest BCUT2D eigenvalue weighted by Crippen LogP contribution is 2.43. The molecule has 11 heteroatoms. The predicted octanol–water partition coefficient (Wildman–Crippen LogP) is 5.96. The zero-order valence-corrected chi connectivity index (χ0v) is 25.7. The third kappa shape index (κ3) is 6.62. The van der Waals surface area contributed by atoms with Crippen molar-refractivity contribution in [2.45, 2.75) is 58.9 Å². The zero-order valence-electron chi connectivity index (χ0n) is 24.8. The molecule has 10 nitrogen and oxygen atoms in total. The van der Waals surface area contributed by atoms with Crippen molar-refractivity contribution in [2.75, 3.05) is 25.1 Å². The van der Waals surface area contributed by atoms with Crippen LogP contribution in [0.4, 0.5) is 10.6 Å². The van der Waals surface area contributed by atoms with Crippen molar-refractivity contribution in [2.24, 2.45) is 5.92 Å². The first-order valence-electron chi connectivity index (χ1n) is 14.7. The number of hydrogen-bond acceptors (Lipinski definition) is 8. The summed E-state index contributed by atoms with van der Waals surface area (Å²) in [6, 6.07) is 6.60. The Morgan fingerprint density at radius 3 is 2.65 bits per heavy atom. The van der Waals surface area contributed by atoms with Crippen LogP contribution < -0.4 is 16.1 Å². The van der Waals surface area contributed by atoms with Crippen molar-refractivity contribution >= 4 is 40.1 Å². The number of anilines is 1. The van der Waals surface area contributed by atoms with Gasteiger partial charge in [0.2, 0.25) is 5.43 Å². The first kappa shape index (κ1) is 30.4. The van der Waals surface area contributed by atoms with Gasteiger partial charge in [-0.15, -0.1) is 11.3 Å². The van der Waals surface area contributed by atoms with Gasteiger partial charge in [0.05, 0.1) is 30.5 Å². The van der Waals surface area contributed by atoms with Gasteiger partial charge >= 0.3 is 12.0 Å². The summed E-state index contributed by atoms with van der Waals surface area (Å²) in [7, 11) is 0. The first-order chi connectivity index (χ1) is 20.7. The Bertz CT molecular complexity index is 1710.